The van der Waals surface area contributed by atoms with Crippen molar-refractivity contribution in [1.29, 1.82) is 0 Å². The van der Waals surface area contributed by atoms with E-state index >= 15 is 0 Å². The number of hydrogen-bond acceptors (Lipinski definition) is 4. The molecule has 0 aliphatic carbocycles. The minimum Gasteiger partial charge on any atom is -0.480 e. The lowest BCUT2D eigenvalue weighted by molar-refractivity contribution is -0.159. The Morgan fingerprint density at radius 3 is 2.80 bits per heavy atom. The molecule has 1 aromatic heterocycles. The second-order valence-electron chi connectivity index (χ2n) is 4.85. The molecular weight excluding hydrogens is 348 g/mol. The number of urea groups is 1. The van der Waals surface area contributed by atoms with Crippen molar-refractivity contribution in [2.75, 3.05) is 19.7 Å². The van der Waals surface area contributed by atoms with Crippen molar-refractivity contribution in [1.82, 2.24) is 10.2 Å². The van der Waals surface area contributed by atoms with Gasteiger partial charge in [0.15, 0.2) is 0 Å². The minimum atomic E-state index is -1.00. The molecule has 0 aromatic carbocycles. The number of carbonyl (C=O) groups is 2. The van der Waals surface area contributed by atoms with E-state index in [2.05, 4.69) is 21.2 Å². The summed E-state index contributed by atoms with van der Waals surface area (Å²) in [5.74, 6) is -1.00. The van der Waals surface area contributed by atoms with E-state index in [1.807, 2.05) is 12.1 Å². The largest absolute Gasteiger partial charge is 0.480 e. The predicted octanol–water partition coefficient (Wildman–Crippen LogP) is 1.90. The lowest BCUT2D eigenvalue weighted by atomic mass is 9.97. The molecule has 0 radical (unpaired) electrons. The summed E-state index contributed by atoms with van der Waals surface area (Å²) >= 11 is 4.94. The molecule has 0 unspecified atom stereocenters. The van der Waals surface area contributed by atoms with Gasteiger partial charge in [-0.25, -0.2) is 9.59 Å². The standard InChI is InChI=1S/C12H15BrN2O4S/c1-12(19-5-10(16)17)6-15(7-12)11(18)14-4-8-2-3-9(13)20-8/h2-3H,4-7H2,1H3,(H,14,18)(H,16,17). The van der Waals surface area contributed by atoms with Crippen LogP contribution in [0.3, 0.4) is 0 Å². The van der Waals surface area contributed by atoms with Crippen LogP contribution in [0.2, 0.25) is 0 Å². The molecule has 110 valence electrons. The average Bonchev–Trinajstić information content (AvgIpc) is 2.76. The maximum atomic E-state index is 11.9. The molecule has 2 N–H and O–H groups in total. The number of hydrogen-bond donors (Lipinski definition) is 2. The van der Waals surface area contributed by atoms with Crippen LogP contribution in [0, 0.1) is 0 Å². The predicted molar refractivity (Wildman–Crippen MR) is 77.8 cm³/mol. The molecule has 2 rings (SSSR count). The van der Waals surface area contributed by atoms with Crippen molar-refractivity contribution < 1.29 is 19.4 Å². The molecular formula is C12H15BrN2O4S. The molecule has 1 aliphatic heterocycles. The van der Waals surface area contributed by atoms with Gasteiger partial charge in [0.1, 0.15) is 12.2 Å². The number of carboxylic acids is 1. The van der Waals surface area contributed by atoms with Crippen molar-refractivity contribution in [3.05, 3.63) is 20.8 Å². The third-order valence-corrected chi connectivity index (χ3v) is 4.55. The average molecular weight is 363 g/mol. The van der Waals surface area contributed by atoms with Gasteiger partial charge in [-0.3, -0.25) is 0 Å². The van der Waals surface area contributed by atoms with E-state index in [1.54, 1.807) is 23.2 Å². The smallest absolute Gasteiger partial charge is 0.329 e. The zero-order chi connectivity index (χ0) is 14.8. The summed E-state index contributed by atoms with van der Waals surface area (Å²) in [5, 5.41) is 11.4. The fourth-order valence-corrected chi connectivity index (χ4v) is 3.38. The maximum Gasteiger partial charge on any atom is 0.329 e. The molecule has 2 heterocycles. The van der Waals surface area contributed by atoms with Gasteiger partial charge in [-0.2, -0.15) is 0 Å². The fourth-order valence-electron chi connectivity index (χ4n) is 1.95. The molecule has 1 saturated heterocycles. The number of nitrogens with one attached hydrogen (secondary N) is 1. The van der Waals surface area contributed by atoms with E-state index < -0.39 is 11.6 Å². The SMILES string of the molecule is CC1(OCC(=O)O)CN(C(=O)NCc2ccc(Br)s2)C1. The van der Waals surface area contributed by atoms with Crippen LogP contribution in [-0.2, 0) is 16.1 Å². The van der Waals surface area contributed by atoms with Crippen molar-refractivity contribution in [3.63, 3.8) is 0 Å². The van der Waals surface area contributed by atoms with E-state index in [1.165, 1.54) is 0 Å². The first-order chi connectivity index (χ1) is 9.38. The van der Waals surface area contributed by atoms with Crippen molar-refractivity contribution in [2.24, 2.45) is 0 Å². The van der Waals surface area contributed by atoms with Gasteiger partial charge in [-0.05, 0) is 35.0 Å². The third kappa shape index (κ3) is 3.94. The van der Waals surface area contributed by atoms with Gasteiger partial charge in [-0.1, -0.05) is 0 Å². The molecule has 0 spiro atoms. The maximum absolute atomic E-state index is 11.9. The summed E-state index contributed by atoms with van der Waals surface area (Å²) in [4.78, 5) is 25.0. The van der Waals surface area contributed by atoms with Crippen LogP contribution in [0.5, 0.6) is 0 Å². The summed E-state index contributed by atoms with van der Waals surface area (Å²) in [6.45, 7) is 2.75. The molecule has 1 fully saturated rings. The number of nitrogens with zero attached hydrogens (tertiary/aromatic N) is 1. The topological polar surface area (TPSA) is 78.9 Å². The second kappa shape index (κ2) is 6.11. The zero-order valence-electron chi connectivity index (χ0n) is 10.9. The van der Waals surface area contributed by atoms with Crippen LogP contribution < -0.4 is 5.32 Å². The quantitative estimate of drug-likeness (QED) is 0.838. The summed E-state index contributed by atoms with van der Waals surface area (Å²) < 4.78 is 6.28. The van der Waals surface area contributed by atoms with Crippen molar-refractivity contribution in [2.45, 2.75) is 19.1 Å². The Labute approximate surface area is 128 Å². The molecule has 8 heteroatoms. The Kier molecular flexibility index (Phi) is 4.66. The van der Waals surface area contributed by atoms with Gasteiger partial charge < -0.3 is 20.1 Å². The van der Waals surface area contributed by atoms with Gasteiger partial charge >= 0.3 is 12.0 Å². The first kappa shape index (κ1) is 15.3. The van der Waals surface area contributed by atoms with E-state index in [0.717, 1.165) is 8.66 Å². The number of halogens is 1. The van der Waals surface area contributed by atoms with Crippen molar-refractivity contribution >= 4 is 39.3 Å². The highest BCUT2D eigenvalue weighted by Gasteiger charge is 2.42. The van der Waals surface area contributed by atoms with E-state index in [9.17, 15) is 9.59 Å². The summed E-state index contributed by atoms with van der Waals surface area (Å²) in [6.07, 6.45) is 0. The van der Waals surface area contributed by atoms with Crippen molar-refractivity contribution in [3.8, 4) is 0 Å². The number of rotatable bonds is 5. The molecule has 1 aromatic rings. The summed E-state index contributed by atoms with van der Waals surface area (Å²) in [7, 11) is 0. The Balaban J connectivity index is 1.72. The second-order valence-corrected chi connectivity index (χ2v) is 7.40. The first-order valence-corrected chi connectivity index (χ1v) is 7.62. The Hall–Kier alpha value is -1.12. The number of aliphatic carboxylic acids is 1. The summed E-state index contributed by atoms with van der Waals surface area (Å²) in [5.41, 5.74) is -0.554. The van der Waals surface area contributed by atoms with Crippen LogP contribution in [0.25, 0.3) is 0 Å². The van der Waals surface area contributed by atoms with Crippen LogP contribution in [-0.4, -0.2) is 47.3 Å². The van der Waals surface area contributed by atoms with E-state index in [-0.39, 0.29) is 12.6 Å². The van der Waals surface area contributed by atoms with Crippen LogP contribution >= 0.6 is 27.3 Å². The van der Waals surface area contributed by atoms with E-state index in [4.69, 9.17) is 9.84 Å². The summed E-state index contributed by atoms with van der Waals surface area (Å²) in [6, 6.07) is 3.73. The molecule has 6 nitrogen and oxygen atoms in total. The number of amides is 2. The Morgan fingerprint density at radius 1 is 1.55 bits per heavy atom. The fraction of sp³-hybridized carbons (Fsp3) is 0.500. The lowest BCUT2D eigenvalue weighted by Gasteiger charge is -2.46. The van der Waals surface area contributed by atoms with Gasteiger partial charge in [0, 0.05) is 4.88 Å². The number of carboxylic acid groups (broad SMARTS) is 1. The van der Waals surface area contributed by atoms with Gasteiger partial charge in [0.05, 0.1) is 23.4 Å². The number of likely N-dealkylation sites (tertiary alicyclic amines) is 1. The Bertz CT molecular complexity index is 513. The van der Waals surface area contributed by atoms with Gasteiger partial charge in [0.25, 0.3) is 0 Å². The number of carbonyl (C=O) groups excluding carboxylic acids is 1. The molecule has 0 atom stereocenters. The highest BCUT2D eigenvalue weighted by molar-refractivity contribution is 9.11. The molecule has 0 saturated carbocycles. The monoisotopic (exact) mass is 362 g/mol. The first-order valence-electron chi connectivity index (χ1n) is 6.01. The minimum absolute atomic E-state index is 0.161. The molecule has 20 heavy (non-hydrogen) atoms. The normalized spacial score (nSPS) is 16.6. The van der Waals surface area contributed by atoms with Crippen LogP contribution in [0.15, 0.2) is 15.9 Å². The molecule has 2 amide bonds. The van der Waals surface area contributed by atoms with Gasteiger partial charge in [0.2, 0.25) is 0 Å². The number of ether oxygens (including phenoxy) is 1. The molecule has 1 aliphatic rings. The van der Waals surface area contributed by atoms with Gasteiger partial charge in [-0.15, -0.1) is 11.3 Å². The van der Waals surface area contributed by atoms with Crippen LogP contribution in [0.1, 0.15) is 11.8 Å². The molecule has 0 bridgehead atoms. The lowest BCUT2D eigenvalue weighted by Crippen LogP contribution is -2.65. The highest BCUT2D eigenvalue weighted by atomic mass is 79.9. The van der Waals surface area contributed by atoms with E-state index in [0.29, 0.717) is 19.6 Å². The third-order valence-electron chi connectivity index (χ3n) is 2.92. The van der Waals surface area contributed by atoms with Crippen LogP contribution in [0.4, 0.5) is 4.79 Å². The highest BCUT2D eigenvalue weighted by Crippen LogP contribution is 2.25. The Morgan fingerprint density at radius 2 is 2.25 bits per heavy atom. The number of thiophene rings is 1. The zero-order valence-corrected chi connectivity index (χ0v) is 13.3.